The highest BCUT2D eigenvalue weighted by molar-refractivity contribution is 6.03. The van der Waals surface area contributed by atoms with Crippen molar-refractivity contribution in [2.24, 2.45) is 11.8 Å². The molecule has 2 atom stereocenters. The van der Waals surface area contributed by atoms with E-state index >= 15 is 0 Å². The lowest BCUT2D eigenvalue weighted by atomic mass is 9.82. The molecule has 0 unspecified atom stereocenters. The summed E-state index contributed by atoms with van der Waals surface area (Å²) in [7, 11) is 0. The quantitative estimate of drug-likeness (QED) is 0.270. The Hall–Kier alpha value is -3.92. The van der Waals surface area contributed by atoms with E-state index in [9.17, 15) is 27.9 Å². The molecule has 2 aromatic carbocycles. The van der Waals surface area contributed by atoms with Crippen LogP contribution in [0.1, 0.15) is 73.4 Å². The summed E-state index contributed by atoms with van der Waals surface area (Å²) in [5.74, 6) is -2.03. The first-order valence-corrected chi connectivity index (χ1v) is 14.7. The van der Waals surface area contributed by atoms with E-state index in [0.29, 0.717) is 38.2 Å². The number of aromatic nitrogens is 1. The van der Waals surface area contributed by atoms with Crippen molar-refractivity contribution >= 4 is 17.6 Å². The third kappa shape index (κ3) is 7.18. The van der Waals surface area contributed by atoms with Gasteiger partial charge in [-0.3, -0.25) is 4.79 Å². The van der Waals surface area contributed by atoms with Crippen LogP contribution in [0.25, 0.3) is 0 Å². The van der Waals surface area contributed by atoms with Gasteiger partial charge in [0.2, 0.25) is 11.8 Å². The molecule has 0 saturated heterocycles. The van der Waals surface area contributed by atoms with Crippen molar-refractivity contribution in [3.05, 3.63) is 83.6 Å². The smallest absolute Gasteiger partial charge is 0.421 e. The van der Waals surface area contributed by atoms with Gasteiger partial charge in [-0.15, -0.1) is 0 Å². The Morgan fingerprint density at radius 2 is 1.72 bits per heavy atom. The Balaban J connectivity index is 1.49. The van der Waals surface area contributed by atoms with Gasteiger partial charge < -0.3 is 19.5 Å². The molecule has 5 rings (SSSR count). The van der Waals surface area contributed by atoms with E-state index in [4.69, 9.17) is 9.47 Å². The molecule has 43 heavy (non-hydrogen) atoms. The topological polar surface area (TPSA) is 89.0 Å². The van der Waals surface area contributed by atoms with Crippen molar-refractivity contribution in [1.29, 1.82) is 0 Å². The highest BCUT2D eigenvalue weighted by atomic mass is 19.4. The predicted molar refractivity (Wildman–Crippen MR) is 154 cm³/mol. The molecule has 228 valence electrons. The van der Waals surface area contributed by atoms with Gasteiger partial charge in [-0.2, -0.15) is 13.2 Å². The van der Waals surface area contributed by atoms with Crippen LogP contribution >= 0.6 is 0 Å². The van der Waals surface area contributed by atoms with Crippen LogP contribution in [0.2, 0.25) is 0 Å². The van der Waals surface area contributed by atoms with Crippen LogP contribution in [0, 0.1) is 11.8 Å². The van der Waals surface area contributed by atoms with Crippen LogP contribution in [-0.2, 0) is 22.3 Å². The maximum Gasteiger partial charge on any atom is 0.421 e. The third-order valence-corrected chi connectivity index (χ3v) is 8.41. The fourth-order valence-electron chi connectivity index (χ4n) is 6.10. The number of carboxylic acids is 1. The van der Waals surface area contributed by atoms with Crippen molar-refractivity contribution in [3.8, 4) is 11.6 Å². The molecule has 2 saturated carbocycles. The van der Waals surface area contributed by atoms with E-state index < -0.39 is 29.6 Å². The number of carboxylic acid groups (broad SMARTS) is 1. The van der Waals surface area contributed by atoms with Gasteiger partial charge in [0.15, 0.2) is 0 Å². The van der Waals surface area contributed by atoms with Crippen LogP contribution in [0.15, 0.2) is 66.9 Å². The van der Waals surface area contributed by atoms with E-state index in [1.54, 1.807) is 4.90 Å². The minimum absolute atomic E-state index is 0.132. The number of alkyl halides is 3. The van der Waals surface area contributed by atoms with Crippen LogP contribution in [0.3, 0.4) is 0 Å². The number of nitrogens with zero attached hydrogens (tertiary/aromatic N) is 2. The largest absolute Gasteiger partial charge is 0.478 e. The summed E-state index contributed by atoms with van der Waals surface area (Å²) in [6.45, 7) is 2.52. The van der Waals surface area contributed by atoms with Crippen molar-refractivity contribution in [1.82, 2.24) is 4.98 Å². The molecule has 1 heterocycles. The lowest BCUT2D eigenvalue weighted by Crippen LogP contribution is -2.49. The molecule has 3 aromatic rings. The van der Waals surface area contributed by atoms with E-state index in [0.717, 1.165) is 49.2 Å². The molecule has 1 amide bonds. The van der Waals surface area contributed by atoms with E-state index in [1.807, 2.05) is 30.3 Å². The number of carbonyl (C=O) groups is 2. The van der Waals surface area contributed by atoms with Crippen molar-refractivity contribution in [2.75, 3.05) is 4.90 Å². The number of halogens is 3. The van der Waals surface area contributed by atoms with E-state index in [1.165, 1.54) is 12.1 Å². The highest BCUT2D eigenvalue weighted by Crippen LogP contribution is 2.40. The maximum absolute atomic E-state index is 14.2. The summed E-state index contributed by atoms with van der Waals surface area (Å²) in [5, 5.41) is 10.3. The summed E-state index contributed by atoms with van der Waals surface area (Å²) < 4.78 is 52.4. The average Bonchev–Trinajstić information content (AvgIpc) is 3.45. The molecule has 2 aliphatic carbocycles. The molecule has 2 fully saturated rings. The summed E-state index contributed by atoms with van der Waals surface area (Å²) in [4.78, 5) is 32.1. The Morgan fingerprint density at radius 1 is 0.977 bits per heavy atom. The molecule has 1 N–H and O–H groups in total. The minimum Gasteiger partial charge on any atom is -0.478 e. The number of hydrogen-bond donors (Lipinski definition) is 1. The molecule has 0 bridgehead atoms. The lowest BCUT2D eigenvalue weighted by Gasteiger charge is -2.38. The predicted octanol–water partition coefficient (Wildman–Crippen LogP) is 7.89. The number of anilines is 1. The van der Waals surface area contributed by atoms with E-state index in [2.05, 4.69) is 11.9 Å². The molecule has 0 spiro atoms. The second-order valence-corrected chi connectivity index (χ2v) is 11.4. The minimum atomic E-state index is -4.71. The third-order valence-electron chi connectivity index (χ3n) is 8.41. The van der Waals surface area contributed by atoms with Gasteiger partial charge in [-0.25, -0.2) is 9.78 Å². The summed E-state index contributed by atoms with van der Waals surface area (Å²) in [6, 6.07) is 15.3. The maximum atomic E-state index is 14.2. The SMILES string of the molecule is CC1CCC(C(=O)N(c2ccc(Oc3ncccc3C(F)(F)F)cc2C(=O)O)[C@@H]2CCC[C@H]2OCc2ccccc2)CC1. The first kappa shape index (κ1) is 30.5. The van der Waals surface area contributed by atoms with Crippen LogP contribution < -0.4 is 9.64 Å². The van der Waals surface area contributed by atoms with Gasteiger partial charge >= 0.3 is 12.1 Å². The highest BCUT2D eigenvalue weighted by Gasteiger charge is 2.41. The number of pyridine rings is 1. The van der Waals surface area contributed by atoms with Gasteiger partial charge in [0.05, 0.1) is 30.0 Å². The Kier molecular flexibility index (Phi) is 9.34. The van der Waals surface area contributed by atoms with Gasteiger partial charge in [0.1, 0.15) is 11.3 Å². The standard InChI is InChI=1S/C33H35F3N2O5/c1-21-12-14-23(15-13-21)31(39)38(28-10-5-11-29(28)42-20-22-7-3-2-4-8-22)27-17-16-24(19-25(27)32(40)41)43-30-26(33(34,35)36)9-6-18-37-30/h2-4,6-9,16-19,21,23,28-29H,5,10-15,20H2,1H3,(H,40,41)/t21?,23?,28-,29-/m1/s1. The fourth-order valence-corrected chi connectivity index (χ4v) is 6.10. The zero-order chi connectivity index (χ0) is 30.6. The fraction of sp³-hybridized carbons (Fsp3) is 0.424. The first-order valence-electron chi connectivity index (χ1n) is 14.7. The number of benzene rings is 2. The number of aromatic carboxylic acids is 1. The number of carbonyl (C=O) groups excluding carboxylic acids is 1. The molecular formula is C33H35F3N2O5. The number of ether oxygens (including phenoxy) is 2. The summed E-state index contributed by atoms with van der Waals surface area (Å²) in [6.07, 6.45) is 1.53. The molecule has 7 nitrogen and oxygen atoms in total. The zero-order valence-corrected chi connectivity index (χ0v) is 23.9. The first-order chi connectivity index (χ1) is 20.6. The van der Waals surface area contributed by atoms with Gasteiger partial charge in [-0.05, 0) is 86.8 Å². The monoisotopic (exact) mass is 596 g/mol. The van der Waals surface area contributed by atoms with Gasteiger partial charge in [0.25, 0.3) is 0 Å². The molecule has 0 radical (unpaired) electrons. The Bertz CT molecular complexity index is 1420. The van der Waals surface area contributed by atoms with Crippen molar-refractivity contribution in [2.45, 2.75) is 76.8 Å². The average molecular weight is 597 g/mol. The second kappa shape index (κ2) is 13.2. The van der Waals surface area contributed by atoms with E-state index in [-0.39, 0.29) is 34.9 Å². The van der Waals surface area contributed by atoms with Crippen molar-refractivity contribution in [3.63, 3.8) is 0 Å². The molecule has 1 aromatic heterocycles. The summed E-state index contributed by atoms with van der Waals surface area (Å²) in [5.41, 5.74) is -0.148. The molecular weight excluding hydrogens is 561 g/mol. The van der Waals surface area contributed by atoms with Crippen LogP contribution in [-0.4, -0.2) is 34.1 Å². The van der Waals surface area contributed by atoms with Gasteiger partial charge in [-0.1, -0.05) is 37.3 Å². The normalized spacial score (nSPS) is 22.2. The second-order valence-electron chi connectivity index (χ2n) is 11.4. The summed E-state index contributed by atoms with van der Waals surface area (Å²) >= 11 is 0. The Labute approximate surface area is 248 Å². The van der Waals surface area contributed by atoms with Crippen LogP contribution in [0.5, 0.6) is 11.6 Å². The van der Waals surface area contributed by atoms with Crippen LogP contribution in [0.4, 0.5) is 18.9 Å². The lowest BCUT2D eigenvalue weighted by molar-refractivity contribution is -0.138. The molecule has 0 aliphatic heterocycles. The Morgan fingerprint density at radius 3 is 2.42 bits per heavy atom. The number of amides is 1. The number of rotatable bonds is 9. The zero-order valence-electron chi connectivity index (χ0n) is 23.9. The van der Waals surface area contributed by atoms with Crippen molar-refractivity contribution < 1.29 is 37.3 Å². The molecule has 2 aliphatic rings. The molecule has 10 heteroatoms. The number of hydrogen-bond acceptors (Lipinski definition) is 5. The van der Waals surface area contributed by atoms with Gasteiger partial charge in [0, 0.05) is 12.1 Å².